The number of allylic oxidation sites excluding steroid dienone is 6. The van der Waals surface area contributed by atoms with E-state index in [2.05, 4.69) is 28.9 Å². The average molecular weight is 228 g/mol. The summed E-state index contributed by atoms with van der Waals surface area (Å²) < 4.78 is 0. The molecule has 2 atom stereocenters. The Morgan fingerprint density at radius 2 is 1.76 bits per heavy atom. The first kappa shape index (κ1) is 10.5. The van der Waals surface area contributed by atoms with Crippen LogP contribution < -0.4 is 10.6 Å². The van der Waals surface area contributed by atoms with Crippen molar-refractivity contribution in [3.63, 3.8) is 0 Å². The fraction of sp³-hybridized carbons (Fsp3) is 0.357. The second kappa shape index (κ2) is 4.34. The zero-order valence-corrected chi connectivity index (χ0v) is 9.65. The maximum atomic E-state index is 12.0. The van der Waals surface area contributed by atoms with Gasteiger partial charge in [-0.05, 0) is 11.1 Å². The van der Waals surface area contributed by atoms with E-state index in [-0.39, 0.29) is 11.8 Å². The van der Waals surface area contributed by atoms with Crippen molar-refractivity contribution in [2.45, 2.75) is 0 Å². The number of nitrogens with one attached hydrogen (secondary N) is 2. The standard InChI is InChI=1S/C14H16N2O/c17-14-13-9-15-8-12(13)11-6-4-2-1-3-5-10(11)7-16-14/h1-6,12-13,15H,7-9H2,(H,16,17)/b2-1?,3-1-,4-2-,5-3?,6-4?,10-5?,11-6?. The molecule has 2 unspecified atom stereocenters. The second-order valence-electron chi connectivity index (χ2n) is 4.67. The molecule has 0 bridgehead atoms. The molecule has 0 radical (unpaired) electrons. The molecule has 2 heterocycles. The molecule has 0 aromatic carbocycles. The van der Waals surface area contributed by atoms with E-state index in [1.165, 1.54) is 11.1 Å². The summed E-state index contributed by atoms with van der Waals surface area (Å²) in [7, 11) is 0. The van der Waals surface area contributed by atoms with Crippen LogP contribution in [0.5, 0.6) is 0 Å². The Hall–Kier alpha value is -1.61. The SMILES string of the molecule is O=C1NCC2=C/C=C\C=C/C=C2C2CNCC12. The van der Waals surface area contributed by atoms with Gasteiger partial charge in [0.1, 0.15) is 0 Å². The molecule has 3 heteroatoms. The zero-order chi connectivity index (χ0) is 11.7. The van der Waals surface area contributed by atoms with E-state index < -0.39 is 0 Å². The van der Waals surface area contributed by atoms with Gasteiger partial charge >= 0.3 is 0 Å². The van der Waals surface area contributed by atoms with Crippen LogP contribution in [-0.4, -0.2) is 25.5 Å². The van der Waals surface area contributed by atoms with Crippen molar-refractivity contribution < 1.29 is 4.79 Å². The van der Waals surface area contributed by atoms with E-state index in [0.717, 1.165) is 13.1 Å². The molecular formula is C14H16N2O. The van der Waals surface area contributed by atoms with Crippen molar-refractivity contribution in [2.24, 2.45) is 11.8 Å². The lowest BCUT2D eigenvalue weighted by molar-refractivity contribution is -0.124. The molecular weight excluding hydrogens is 212 g/mol. The third-order valence-corrected chi connectivity index (χ3v) is 3.68. The van der Waals surface area contributed by atoms with Crippen molar-refractivity contribution in [3.8, 4) is 0 Å². The largest absolute Gasteiger partial charge is 0.352 e. The number of hydrogen-bond donors (Lipinski definition) is 2. The van der Waals surface area contributed by atoms with Gasteiger partial charge in [0, 0.05) is 25.6 Å². The molecule has 2 saturated heterocycles. The van der Waals surface area contributed by atoms with Gasteiger partial charge in [-0.1, -0.05) is 36.5 Å². The second-order valence-corrected chi connectivity index (χ2v) is 4.67. The summed E-state index contributed by atoms with van der Waals surface area (Å²) in [5.74, 6) is 0.588. The predicted octanol–water partition coefficient (Wildman–Crippen LogP) is 0.931. The molecule has 3 nitrogen and oxygen atoms in total. The molecule has 0 saturated carbocycles. The number of rotatable bonds is 0. The van der Waals surface area contributed by atoms with Gasteiger partial charge in [0.2, 0.25) is 5.91 Å². The smallest absolute Gasteiger partial charge is 0.225 e. The fourth-order valence-electron chi connectivity index (χ4n) is 2.78. The van der Waals surface area contributed by atoms with E-state index in [1.54, 1.807) is 0 Å². The van der Waals surface area contributed by atoms with Crippen LogP contribution in [0.2, 0.25) is 0 Å². The molecule has 0 aromatic heterocycles. The van der Waals surface area contributed by atoms with Gasteiger partial charge in [0.15, 0.2) is 0 Å². The molecule has 17 heavy (non-hydrogen) atoms. The summed E-state index contributed by atoms with van der Waals surface area (Å²) in [6.07, 6.45) is 12.4. The van der Waals surface area contributed by atoms with Crippen molar-refractivity contribution in [1.82, 2.24) is 10.6 Å². The molecule has 3 aliphatic rings. The van der Waals surface area contributed by atoms with Crippen molar-refractivity contribution in [2.75, 3.05) is 19.6 Å². The van der Waals surface area contributed by atoms with Crippen molar-refractivity contribution in [3.05, 3.63) is 47.6 Å². The average Bonchev–Trinajstić information content (AvgIpc) is 2.72. The van der Waals surface area contributed by atoms with Crippen molar-refractivity contribution >= 4 is 5.91 Å². The lowest BCUT2D eigenvalue weighted by Gasteiger charge is -2.17. The molecule has 1 amide bonds. The Kier molecular flexibility index (Phi) is 2.69. The molecule has 0 aromatic rings. The van der Waals surface area contributed by atoms with Gasteiger partial charge in [0.25, 0.3) is 0 Å². The summed E-state index contributed by atoms with van der Waals surface area (Å²) in [4.78, 5) is 12.0. The quantitative estimate of drug-likeness (QED) is 0.647. The normalized spacial score (nSPS) is 35.2. The first-order valence-corrected chi connectivity index (χ1v) is 6.09. The fourth-order valence-corrected chi connectivity index (χ4v) is 2.78. The monoisotopic (exact) mass is 228 g/mol. The Balaban J connectivity index is 2.03. The van der Waals surface area contributed by atoms with Crippen LogP contribution in [0, 0.1) is 11.8 Å². The minimum Gasteiger partial charge on any atom is -0.352 e. The molecule has 2 aliphatic heterocycles. The highest BCUT2D eigenvalue weighted by Crippen LogP contribution is 2.32. The summed E-state index contributed by atoms with van der Waals surface area (Å²) in [6, 6.07) is 0. The van der Waals surface area contributed by atoms with Crippen LogP contribution in [0.15, 0.2) is 47.6 Å². The molecule has 3 rings (SSSR count). The van der Waals surface area contributed by atoms with E-state index >= 15 is 0 Å². The van der Waals surface area contributed by atoms with Gasteiger partial charge in [-0.3, -0.25) is 4.79 Å². The third kappa shape index (κ3) is 1.87. The minimum absolute atomic E-state index is 0.0870. The Labute approximate surface area is 101 Å². The third-order valence-electron chi connectivity index (χ3n) is 3.68. The van der Waals surface area contributed by atoms with Crippen molar-refractivity contribution in [1.29, 1.82) is 0 Å². The van der Waals surface area contributed by atoms with E-state index in [9.17, 15) is 4.79 Å². The number of amides is 1. The highest BCUT2D eigenvalue weighted by molar-refractivity contribution is 5.82. The van der Waals surface area contributed by atoms with E-state index in [0.29, 0.717) is 12.5 Å². The molecule has 88 valence electrons. The lowest BCUT2D eigenvalue weighted by Crippen LogP contribution is -2.32. The molecule has 0 spiro atoms. The van der Waals surface area contributed by atoms with E-state index in [1.807, 2.05) is 18.2 Å². The first-order chi connectivity index (χ1) is 8.36. The van der Waals surface area contributed by atoms with Crippen LogP contribution in [-0.2, 0) is 4.79 Å². The summed E-state index contributed by atoms with van der Waals surface area (Å²) in [5.41, 5.74) is 2.54. The topological polar surface area (TPSA) is 41.1 Å². The summed E-state index contributed by atoms with van der Waals surface area (Å²) >= 11 is 0. The minimum atomic E-state index is 0.0870. The number of carbonyl (C=O) groups excluding carboxylic acids is 1. The Morgan fingerprint density at radius 3 is 2.65 bits per heavy atom. The number of fused-ring (bicyclic) bond motifs is 3. The van der Waals surface area contributed by atoms with Gasteiger partial charge in [-0.2, -0.15) is 0 Å². The Bertz CT molecular complexity index is 457. The number of carbonyl (C=O) groups is 1. The zero-order valence-electron chi connectivity index (χ0n) is 9.65. The van der Waals surface area contributed by atoms with Gasteiger partial charge < -0.3 is 10.6 Å². The lowest BCUT2D eigenvalue weighted by atomic mass is 9.85. The van der Waals surface area contributed by atoms with Crippen LogP contribution in [0.1, 0.15) is 0 Å². The highest BCUT2D eigenvalue weighted by Gasteiger charge is 2.38. The first-order valence-electron chi connectivity index (χ1n) is 6.09. The van der Waals surface area contributed by atoms with Gasteiger partial charge in [0.05, 0.1) is 5.92 Å². The van der Waals surface area contributed by atoms with Gasteiger partial charge in [-0.15, -0.1) is 0 Å². The van der Waals surface area contributed by atoms with Gasteiger partial charge in [-0.25, -0.2) is 0 Å². The summed E-state index contributed by atoms with van der Waals surface area (Å²) in [5, 5.41) is 6.34. The van der Waals surface area contributed by atoms with Crippen LogP contribution in [0.3, 0.4) is 0 Å². The predicted molar refractivity (Wildman–Crippen MR) is 67.3 cm³/mol. The molecule has 1 aliphatic carbocycles. The summed E-state index contributed by atoms with van der Waals surface area (Å²) in [6.45, 7) is 2.34. The highest BCUT2D eigenvalue weighted by atomic mass is 16.1. The molecule has 2 N–H and O–H groups in total. The maximum Gasteiger partial charge on any atom is 0.225 e. The Morgan fingerprint density at radius 1 is 1.00 bits per heavy atom. The van der Waals surface area contributed by atoms with Crippen LogP contribution in [0.4, 0.5) is 0 Å². The van der Waals surface area contributed by atoms with E-state index in [4.69, 9.17) is 0 Å². The number of hydrogen-bond acceptors (Lipinski definition) is 2. The van der Waals surface area contributed by atoms with Crippen LogP contribution in [0.25, 0.3) is 0 Å². The molecule has 2 fully saturated rings. The maximum absolute atomic E-state index is 12.0. The van der Waals surface area contributed by atoms with Crippen LogP contribution >= 0.6 is 0 Å².